The molecule has 1 atom stereocenters. The van der Waals surface area contributed by atoms with E-state index in [1.165, 1.54) is 17.0 Å². The molecule has 0 radical (unpaired) electrons. The number of nitrogens with zero attached hydrogens (tertiary/aromatic N) is 2. The van der Waals surface area contributed by atoms with E-state index in [4.69, 9.17) is 34.8 Å². The maximum absolute atomic E-state index is 14.1. The molecule has 11 heteroatoms. The first-order valence-electron chi connectivity index (χ1n) is 13.1. The van der Waals surface area contributed by atoms with Crippen LogP contribution in [-0.4, -0.2) is 43.8 Å². The minimum atomic E-state index is -4.21. The number of amides is 2. The van der Waals surface area contributed by atoms with Gasteiger partial charge in [0.2, 0.25) is 11.8 Å². The summed E-state index contributed by atoms with van der Waals surface area (Å²) >= 11 is 18.7. The topological polar surface area (TPSA) is 86.8 Å². The maximum atomic E-state index is 14.1. The molecule has 3 aromatic rings. The van der Waals surface area contributed by atoms with Gasteiger partial charge in [-0.15, -0.1) is 0 Å². The van der Waals surface area contributed by atoms with Gasteiger partial charge in [-0.2, -0.15) is 0 Å². The van der Waals surface area contributed by atoms with Crippen LogP contribution < -0.4 is 9.62 Å². The second kappa shape index (κ2) is 13.9. The van der Waals surface area contributed by atoms with Gasteiger partial charge in [0.25, 0.3) is 10.0 Å². The van der Waals surface area contributed by atoms with E-state index in [1.54, 1.807) is 62.4 Å². The predicted octanol–water partition coefficient (Wildman–Crippen LogP) is 6.79. The summed E-state index contributed by atoms with van der Waals surface area (Å²) in [5.41, 5.74) is 2.29. The van der Waals surface area contributed by atoms with Gasteiger partial charge in [-0.25, -0.2) is 8.42 Å². The second-order valence-electron chi connectivity index (χ2n) is 10.1. The fourth-order valence-electron chi connectivity index (χ4n) is 4.35. The maximum Gasteiger partial charge on any atom is 0.264 e. The molecular weight excluding hydrogens is 605 g/mol. The largest absolute Gasteiger partial charge is 0.352 e. The predicted molar refractivity (Wildman–Crippen MR) is 166 cm³/mol. The molecule has 3 aromatic carbocycles. The molecule has 1 N–H and O–H groups in total. The van der Waals surface area contributed by atoms with Crippen molar-refractivity contribution in [3.05, 3.63) is 92.4 Å². The highest BCUT2D eigenvalue weighted by atomic mass is 35.5. The summed E-state index contributed by atoms with van der Waals surface area (Å²) in [5.74, 6) is -0.917. The summed E-state index contributed by atoms with van der Waals surface area (Å²) in [7, 11) is -4.21. The molecule has 0 saturated carbocycles. The Morgan fingerprint density at radius 3 is 2.15 bits per heavy atom. The lowest BCUT2D eigenvalue weighted by molar-refractivity contribution is -0.140. The Bertz CT molecular complexity index is 1510. The molecule has 0 aromatic heterocycles. The van der Waals surface area contributed by atoms with E-state index >= 15 is 0 Å². The van der Waals surface area contributed by atoms with E-state index in [0.717, 1.165) is 9.87 Å². The highest BCUT2D eigenvalue weighted by Crippen LogP contribution is 2.32. The standard InChI is InChI=1S/C30H34Cl3N3O4S/c1-6-27(30(38)34-19(2)3)35(17-22-12-15-25(32)26(33)16-22)29(37)18-36(28-9-7-8-24(31)21(28)5)41(39,40)23-13-10-20(4)11-14-23/h7-16,19,27H,6,17-18H2,1-5H3,(H,34,38)/t27-/m0/s1. The summed E-state index contributed by atoms with van der Waals surface area (Å²) in [6.07, 6.45) is 0.298. The fourth-order valence-corrected chi connectivity index (χ4v) is 6.31. The Balaban J connectivity index is 2.12. The highest BCUT2D eigenvalue weighted by Gasteiger charge is 2.34. The van der Waals surface area contributed by atoms with Crippen LogP contribution in [0.15, 0.2) is 65.6 Å². The van der Waals surface area contributed by atoms with E-state index < -0.39 is 28.5 Å². The van der Waals surface area contributed by atoms with Crippen LogP contribution in [0.5, 0.6) is 0 Å². The van der Waals surface area contributed by atoms with Crippen LogP contribution in [0.25, 0.3) is 0 Å². The summed E-state index contributed by atoms with van der Waals surface area (Å²) in [5, 5.41) is 3.88. The highest BCUT2D eigenvalue weighted by molar-refractivity contribution is 7.92. The number of hydrogen-bond donors (Lipinski definition) is 1. The van der Waals surface area contributed by atoms with Gasteiger partial charge in [-0.1, -0.05) is 71.6 Å². The third-order valence-corrected chi connectivity index (χ3v) is 9.47. The molecule has 7 nitrogen and oxygen atoms in total. The zero-order chi connectivity index (χ0) is 30.5. The SMILES string of the molecule is CC[C@@H](C(=O)NC(C)C)N(Cc1ccc(Cl)c(Cl)c1)C(=O)CN(c1cccc(Cl)c1C)S(=O)(=O)c1ccc(C)cc1. The van der Waals surface area contributed by atoms with E-state index in [2.05, 4.69) is 5.32 Å². The van der Waals surface area contributed by atoms with E-state index in [9.17, 15) is 18.0 Å². The first kappa shape index (κ1) is 32.7. The van der Waals surface area contributed by atoms with Gasteiger partial charge in [-0.05, 0) is 81.6 Å². The number of halogens is 3. The average Bonchev–Trinajstić information content (AvgIpc) is 2.90. The Hall–Kier alpha value is -2.78. The lowest BCUT2D eigenvalue weighted by Crippen LogP contribution is -2.53. The van der Waals surface area contributed by atoms with Crippen LogP contribution in [0.1, 0.15) is 43.9 Å². The van der Waals surface area contributed by atoms with Gasteiger partial charge in [0.05, 0.1) is 20.6 Å². The summed E-state index contributed by atoms with van der Waals surface area (Å²) < 4.78 is 29.1. The van der Waals surface area contributed by atoms with Gasteiger partial charge in [0, 0.05) is 17.6 Å². The first-order valence-corrected chi connectivity index (χ1v) is 15.7. The van der Waals surface area contributed by atoms with Crippen molar-refractivity contribution in [3.8, 4) is 0 Å². The van der Waals surface area contributed by atoms with Crippen molar-refractivity contribution in [1.29, 1.82) is 0 Å². The molecular formula is C30H34Cl3N3O4S. The van der Waals surface area contributed by atoms with Crippen molar-refractivity contribution in [1.82, 2.24) is 10.2 Å². The van der Waals surface area contributed by atoms with Crippen LogP contribution >= 0.6 is 34.8 Å². The number of nitrogens with one attached hydrogen (secondary N) is 1. The summed E-state index contributed by atoms with van der Waals surface area (Å²) in [6.45, 7) is 8.44. The van der Waals surface area contributed by atoms with Gasteiger partial charge >= 0.3 is 0 Å². The second-order valence-corrected chi connectivity index (χ2v) is 13.2. The third-order valence-electron chi connectivity index (χ3n) is 6.55. The summed E-state index contributed by atoms with van der Waals surface area (Å²) in [4.78, 5) is 28.8. The van der Waals surface area contributed by atoms with Crippen LogP contribution in [0.2, 0.25) is 15.1 Å². The molecule has 0 saturated heterocycles. The quantitative estimate of drug-likeness (QED) is 0.251. The van der Waals surface area contributed by atoms with Crippen molar-refractivity contribution in [2.45, 2.75) is 64.6 Å². The molecule has 0 spiro atoms. The Kier molecular flexibility index (Phi) is 11.1. The van der Waals surface area contributed by atoms with Gasteiger partial charge in [-0.3, -0.25) is 13.9 Å². The van der Waals surface area contributed by atoms with Crippen molar-refractivity contribution < 1.29 is 18.0 Å². The zero-order valence-electron chi connectivity index (χ0n) is 23.6. The van der Waals surface area contributed by atoms with Gasteiger partial charge < -0.3 is 10.2 Å². The number of benzene rings is 3. The number of anilines is 1. The lowest BCUT2D eigenvalue weighted by Gasteiger charge is -2.34. The number of sulfonamides is 1. The van der Waals surface area contributed by atoms with Crippen LogP contribution in [0.4, 0.5) is 5.69 Å². The van der Waals surface area contributed by atoms with Crippen LogP contribution in [0, 0.1) is 13.8 Å². The van der Waals surface area contributed by atoms with Crippen molar-refractivity contribution in [2.24, 2.45) is 0 Å². The molecule has 2 amide bonds. The first-order chi connectivity index (χ1) is 19.3. The van der Waals surface area contributed by atoms with Crippen molar-refractivity contribution in [2.75, 3.05) is 10.8 Å². The van der Waals surface area contributed by atoms with Crippen LogP contribution in [0.3, 0.4) is 0 Å². The minimum Gasteiger partial charge on any atom is -0.352 e. The molecule has 0 aliphatic heterocycles. The molecule has 41 heavy (non-hydrogen) atoms. The molecule has 0 fully saturated rings. The minimum absolute atomic E-state index is 0.00664. The number of rotatable bonds is 11. The third kappa shape index (κ3) is 7.95. The monoisotopic (exact) mass is 637 g/mol. The number of hydrogen-bond acceptors (Lipinski definition) is 4. The average molecular weight is 639 g/mol. The van der Waals surface area contributed by atoms with Crippen molar-refractivity contribution in [3.63, 3.8) is 0 Å². The molecule has 0 aliphatic carbocycles. The van der Waals surface area contributed by atoms with Crippen LogP contribution in [-0.2, 0) is 26.2 Å². The van der Waals surface area contributed by atoms with E-state index in [-0.39, 0.29) is 29.1 Å². The van der Waals surface area contributed by atoms with E-state index in [0.29, 0.717) is 32.6 Å². The van der Waals surface area contributed by atoms with Gasteiger partial charge in [0.1, 0.15) is 12.6 Å². The Morgan fingerprint density at radius 2 is 1.56 bits per heavy atom. The normalized spacial score (nSPS) is 12.2. The summed E-state index contributed by atoms with van der Waals surface area (Å²) in [6, 6.07) is 15.2. The number of aryl methyl sites for hydroxylation is 1. The van der Waals surface area contributed by atoms with Gasteiger partial charge in [0.15, 0.2) is 0 Å². The smallest absolute Gasteiger partial charge is 0.264 e. The van der Waals surface area contributed by atoms with Crippen molar-refractivity contribution >= 4 is 62.3 Å². The number of carbonyl (C=O) groups is 2. The molecule has 0 unspecified atom stereocenters. The Labute approximate surface area is 257 Å². The molecule has 220 valence electrons. The van der Waals surface area contributed by atoms with E-state index in [1.807, 2.05) is 20.8 Å². The molecule has 3 rings (SSSR count). The molecule has 0 bridgehead atoms. The molecule has 0 aliphatic rings. The Morgan fingerprint density at radius 1 is 0.902 bits per heavy atom. The fraction of sp³-hybridized carbons (Fsp3) is 0.333. The zero-order valence-corrected chi connectivity index (χ0v) is 26.7. The lowest BCUT2D eigenvalue weighted by atomic mass is 10.1. The number of carbonyl (C=O) groups excluding carboxylic acids is 2. The molecule has 0 heterocycles.